The molecule has 0 aromatic rings. The fourth-order valence-corrected chi connectivity index (χ4v) is 0. The molecule has 0 aliphatic rings. The van der Waals surface area contributed by atoms with E-state index < -0.39 is 0 Å². The highest BCUT2D eigenvalue weighted by molar-refractivity contribution is 14.1. The van der Waals surface area contributed by atoms with Crippen molar-refractivity contribution in [2.45, 2.75) is 6.57 Å². The van der Waals surface area contributed by atoms with Crippen LogP contribution >= 0.6 is 70.4 Å². The van der Waals surface area contributed by atoms with Crippen LogP contribution in [0.5, 0.6) is 0 Å². The molecule has 0 fully saturated rings. The molecule has 1 atom stereocenters. The summed E-state index contributed by atoms with van der Waals surface area (Å²) >= 11 is 12.2. The van der Waals surface area contributed by atoms with E-state index in [0.717, 1.165) is 0 Å². The van der Waals surface area contributed by atoms with Crippen LogP contribution in [0.4, 0.5) is 0 Å². The lowest BCUT2D eigenvalue weighted by atomic mass is 11.0. The molecular weight excluding hydrogens is 391 g/mol. The zero-order valence-corrected chi connectivity index (χ0v) is 9.58. The Morgan fingerprint density at radius 2 is 1.33 bits per heavy atom. The summed E-state index contributed by atoms with van der Waals surface area (Å²) in [6.07, 6.45) is 0. The van der Waals surface area contributed by atoms with Crippen molar-refractivity contribution in [2.24, 2.45) is 0 Å². The Hall–Kier alpha value is 2.17. The smallest absolute Gasteiger partial charge is 0.0753 e. The third kappa shape index (κ3) is 4.33. The van der Waals surface area contributed by atoms with Crippen molar-refractivity contribution in [3.8, 4) is 0 Å². The fourth-order valence-electron chi connectivity index (χ4n) is 0. The summed E-state index contributed by atoms with van der Waals surface area (Å²) in [6.45, 7) is 0. The quantitative estimate of drug-likeness (QED) is 0.475. The predicted octanol–water partition coefficient (Wildman–Crippen LogP) is 3.26. The van der Waals surface area contributed by atoms with E-state index in [1.807, 2.05) is 0 Å². The lowest BCUT2D eigenvalue weighted by Crippen LogP contribution is -1.92. The lowest BCUT2D eigenvalue weighted by molar-refractivity contribution is 1.49. The predicted molar refractivity (Wildman–Crippen MR) is 48.4 cm³/mol. The highest BCUT2D eigenvalue weighted by Crippen LogP contribution is 2.24. The van der Waals surface area contributed by atoms with Crippen LogP contribution in [0.3, 0.4) is 0 Å². The van der Waals surface area contributed by atoms with Crippen molar-refractivity contribution in [3.05, 3.63) is 0 Å². The zero-order valence-electron chi connectivity index (χ0n) is 2.67. The van der Waals surface area contributed by atoms with Crippen LogP contribution in [0.1, 0.15) is 0 Å². The summed E-state index contributed by atoms with van der Waals surface area (Å²) in [5.41, 5.74) is 0. The molecule has 0 bridgehead atoms. The first-order valence-corrected chi connectivity index (χ1v) is 5.20. The van der Waals surface area contributed by atoms with Crippen LogP contribution in [0.2, 0.25) is 0 Å². The van der Waals surface area contributed by atoms with Gasteiger partial charge in [0.25, 0.3) is 0 Å². The van der Waals surface area contributed by atoms with Gasteiger partial charge in [0.05, 0.1) is 6.57 Å². The Morgan fingerprint density at radius 1 is 1.17 bits per heavy atom. The standard InChI is InChI=1S/C2H2Br3I/c3-1(4)2(5)6/h1-2H. The summed E-state index contributed by atoms with van der Waals surface area (Å²) in [5, 5.41) is 0. The van der Waals surface area contributed by atoms with E-state index in [1.54, 1.807) is 0 Å². The van der Waals surface area contributed by atoms with Gasteiger partial charge in [0.15, 0.2) is 0 Å². The first-order valence-electron chi connectivity index (χ1n) is 1.21. The van der Waals surface area contributed by atoms with Crippen LogP contribution in [0.15, 0.2) is 0 Å². The van der Waals surface area contributed by atoms with E-state index in [0.29, 0.717) is 6.57 Å². The van der Waals surface area contributed by atoms with Crippen LogP contribution < -0.4 is 0 Å². The van der Waals surface area contributed by atoms with Gasteiger partial charge in [0.2, 0.25) is 0 Å². The Bertz CT molecular complexity index is 29.8. The number of halogens is 4. The molecule has 0 rings (SSSR count). The van der Waals surface area contributed by atoms with E-state index in [9.17, 15) is 0 Å². The summed E-state index contributed by atoms with van der Waals surface area (Å²) < 4.78 is 0.848. The van der Waals surface area contributed by atoms with Gasteiger partial charge in [-0.05, 0) is 0 Å². The molecule has 0 aliphatic heterocycles. The molecular formula is C2H2Br3I. The second-order valence-electron chi connectivity index (χ2n) is 0.669. The third-order valence-corrected chi connectivity index (χ3v) is 5.89. The molecule has 0 saturated heterocycles. The van der Waals surface area contributed by atoms with Gasteiger partial charge < -0.3 is 0 Å². The van der Waals surface area contributed by atoms with Crippen molar-refractivity contribution >= 4 is 70.4 Å². The lowest BCUT2D eigenvalue weighted by Gasteiger charge is -1.97. The first-order chi connectivity index (χ1) is 2.64. The molecule has 6 heavy (non-hydrogen) atoms. The molecule has 4 heteroatoms. The van der Waals surface area contributed by atoms with Crippen molar-refractivity contribution in [1.82, 2.24) is 0 Å². The number of alkyl halides is 4. The molecule has 0 saturated carbocycles. The monoisotopic (exact) mass is 390 g/mol. The molecule has 0 aromatic heterocycles. The van der Waals surface area contributed by atoms with Gasteiger partial charge in [-0.2, -0.15) is 0 Å². The summed E-state index contributed by atoms with van der Waals surface area (Å²) in [6, 6.07) is 0. The average Bonchev–Trinajstić information content (AvgIpc) is 1.36. The molecule has 0 radical (unpaired) electrons. The number of rotatable bonds is 1. The Balaban J connectivity index is 2.99. The molecule has 0 heterocycles. The van der Waals surface area contributed by atoms with Gasteiger partial charge in [0, 0.05) is 0 Å². The van der Waals surface area contributed by atoms with Gasteiger partial charge >= 0.3 is 0 Å². The maximum atomic E-state index is 3.33. The molecule has 0 aliphatic carbocycles. The van der Waals surface area contributed by atoms with Gasteiger partial charge in [-0.1, -0.05) is 70.4 Å². The van der Waals surface area contributed by atoms with Gasteiger partial charge in [-0.25, -0.2) is 0 Å². The van der Waals surface area contributed by atoms with Crippen molar-refractivity contribution < 1.29 is 0 Å². The Labute approximate surface area is 76.0 Å². The summed E-state index contributed by atoms with van der Waals surface area (Å²) in [4.78, 5) is 0. The molecule has 0 spiro atoms. The van der Waals surface area contributed by atoms with Gasteiger partial charge in [0.1, 0.15) is 0 Å². The highest BCUT2D eigenvalue weighted by Gasteiger charge is 2.04. The summed E-state index contributed by atoms with van der Waals surface area (Å²) in [5.74, 6) is 0. The largest absolute Gasteiger partial charge is 0.0912 e. The van der Waals surface area contributed by atoms with Crippen molar-refractivity contribution in [1.29, 1.82) is 0 Å². The maximum absolute atomic E-state index is 3.33. The maximum Gasteiger partial charge on any atom is 0.0912 e. The van der Waals surface area contributed by atoms with Crippen LogP contribution in [-0.2, 0) is 0 Å². The van der Waals surface area contributed by atoms with Crippen LogP contribution in [0, 0.1) is 0 Å². The van der Waals surface area contributed by atoms with E-state index in [4.69, 9.17) is 0 Å². The van der Waals surface area contributed by atoms with Gasteiger partial charge in [-0.3, -0.25) is 0 Å². The second-order valence-corrected chi connectivity index (χ2v) is 7.91. The minimum atomic E-state index is 0.380. The van der Waals surface area contributed by atoms with Crippen LogP contribution in [0.25, 0.3) is 0 Å². The fraction of sp³-hybridized carbons (Fsp3) is 1.00. The van der Waals surface area contributed by atoms with E-state index in [1.165, 1.54) is 0 Å². The normalized spacial score (nSPS) is 15.5. The summed E-state index contributed by atoms with van der Waals surface area (Å²) in [7, 11) is 0. The van der Waals surface area contributed by atoms with Crippen molar-refractivity contribution in [2.75, 3.05) is 0 Å². The minimum Gasteiger partial charge on any atom is -0.0753 e. The topological polar surface area (TPSA) is 0 Å². The number of hydrogen-bond acceptors (Lipinski definition) is 0. The molecule has 0 aromatic carbocycles. The zero-order chi connectivity index (χ0) is 5.15. The van der Waals surface area contributed by atoms with Gasteiger partial charge in [-0.15, -0.1) is 0 Å². The third-order valence-electron chi connectivity index (χ3n) is 0.190. The Kier molecular flexibility index (Phi) is 5.57. The van der Waals surface area contributed by atoms with Crippen molar-refractivity contribution in [3.63, 3.8) is 0 Å². The molecule has 0 amide bonds. The first kappa shape index (κ1) is 8.17. The molecule has 0 nitrogen and oxygen atoms in total. The molecule has 0 N–H and O–H groups in total. The Morgan fingerprint density at radius 3 is 1.33 bits per heavy atom. The number of hydrogen-bond donors (Lipinski definition) is 0. The van der Waals surface area contributed by atoms with Crippen LogP contribution in [-0.4, -0.2) is 6.57 Å². The average molecular weight is 393 g/mol. The minimum absolute atomic E-state index is 0.380. The highest BCUT2D eigenvalue weighted by atomic mass is 127. The molecule has 38 valence electrons. The van der Waals surface area contributed by atoms with E-state index >= 15 is 0 Å². The van der Waals surface area contributed by atoms with E-state index in [2.05, 4.69) is 70.4 Å². The van der Waals surface area contributed by atoms with E-state index in [-0.39, 0.29) is 0 Å². The second kappa shape index (κ2) is 4.09. The molecule has 1 unspecified atom stereocenters. The SMILES string of the molecule is BrC(Br)C(Br)I.